The molecular weight excluding hydrogens is 843 g/mol. The van der Waals surface area contributed by atoms with Crippen LogP contribution in [0.3, 0.4) is 0 Å². The van der Waals surface area contributed by atoms with Crippen molar-refractivity contribution in [2.24, 2.45) is 11.3 Å². The lowest BCUT2D eigenvalue weighted by molar-refractivity contribution is -0.384. The van der Waals surface area contributed by atoms with Crippen LogP contribution in [0.25, 0.3) is 11.0 Å². The van der Waals surface area contributed by atoms with E-state index in [9.17, 15) is 28.4 Å². The Morgan fingerprint density at radius 1 is 1.00 bits per heavy atom. The summed E-state index contributed by atoms with van der Waals surface area (Å²) >= 11 is 0. The number of amides is 1. The van der Waals surface area contributed by atoms with Gasteiger partial charge in [0, 0.05) is 67.7 Å². The molecule has 1 amide bonds. The second-order valence-electron chi connectivity index (χ2n) is 19.8. The van der Waals surface area contributed by atoms with Gasteiger partial charge in [-0.05, 0) is 136 Å². The summed E-state index contributed by atoms with van der Waals surface area (Å²) in [6.07, 6.45) is 10.2. The van der Waals surface area contributed by atoms with E-state index in [1.54, 1.807) is 18.3 Å². The highest BCUT2D eigenvalue weighted by molar-refractivity contribution is 7.90. The van der Waals surface area contributed by atoms with Gasteiger partial charge >= 0.3 is 0 Å². The summed E-state index contributed by atoms with van der Waals surface area (Å²) in [6, 6.07) is 22.1. The Labute approximate surface area is 381 Å². The van der Waals surface area contributed by atoms with Crippen molar-refractivity contribution in [3.63, 3.8) is 0 Å². The minimum atomic E-state index is -4.57. The number of piperidine rings is 1. The monoisotopic (exact) mass is 903 g/mol. The number of carbonyl (C=O) groups is 1. The molecular formula is C50H61N7O7S. The van der Waals surface area contributed by atoms with E-state index in [4.69, 9.17) is 4.74 Å². The van der Waals surface area contributed by atoms with Crippen LogP contribution in [0.1, 0.15) is 118 Å². The maximum atomic E-state index is 14.0. The Morgan fingerprint density at radius 3 is 2.49 bits per heavy atom. The molecule has 3 aromatic carbocycles. The molecule has 4 fully saturated rings. The van der Waals surface area contributed by atoms with Gasteiger partial charge in [-0.15, -0.1) is 0 Å². The van der Waals surface area contributed by atoms with E-state index in [2.05, 4.69) is 67.9 Å². The van der Waals surface area contributed by atoms with E-state index in [1.807, 2.05) is 32.0 Å². The van der Waals surface area contributed by atoms with Gasteiger partial charge in [0.25, 0.3) is 21.6 Å². The van der Waals surface area contributed by atoms with Crippen molar-refractivity contribution in [2.75, 3.05) is 42.9 Å². The van der Waals surface area contributed by atoms with Crippen molar-refractivity contribution in [3.8, 4) is 11.5 Å². The molecule has 5 aromatic rings. The molecule has 2 aliphatic carbocycles. The third-order valence-electron chi connectivity index (χ3n) is 14.7. The van der Waals surface area contributed by atoms with E-state index >= 15 is 0 Å². The summed E-state index contributed by atoms with van der Waals surface area (Å²) in [5.41, 5.74) is 4.78. The maximum Gasteiger partial charge on any atom is 0.293 e. The number of nitrogens with zero attached hydrogens (tertiary/aromatic N) is 4. The number of nitro groups is 1. The van der Waals surface area contributed by atoms with Gasteiger partial charge in [0.1, 0.15) is 22.8 Å². The Morgan fingerprint density at radius 2 is 1.75 bits per heavy atom. The summed E-state index contributed by atoms with van der Waals surface area (Å²) in [4.78, 5) is 37.9. The summed E-state index contributed by atoms with van der Waals surface area (Å²) in [6.45, 7) is 12.7. The molecule has 14 nitrogen and oxygen atoms in total. The number of likely N-dealkylation sites (tertiary alicyclic amines) is 1. The second kappa shape index (κ2) is 17.7. The lowest BCUT2D eigenvalue weighted by Crippen LogP contribution is -2.63. The molecule has 344 valence electrons. The van der Waals surface area contributed by atoms with Crippen molar-refractivity contribution in [3.05, 3.63) is 111 Å². The highest BCUT2D eigenvalue weighted by Gasteiger charge is 2.49. The number of rotatable bonds is 13. The summed E-state index contributed by atoms with van der Waals surface area (Å²) < 4.78 is 36.1. The topological polar surface area (TPSA) is 183 Å². The molecule has 1 spiro atoms. The molecule has 15 heteroatoms. The number of ether oxygens (including phenoxy) is 1. The number of aliphatic hydroxyl groups is 1. The number of carbonyl (C=O) groups excluding carboxylic acids is 1. The zero-order valence-corrected chi connectivity index (χ0v) is 38.6. The van der Waals surface area contributed by atoms with Gasteiger partial charge in [-0.1, -0.05) is 44.5 Å². The molecule has 4 N–H and O–H groups in total. The quantitative estimate of drug-likeness (QED) is 0.0652. The number of nitrogens with one attached hydrogen (secondary N) is 3. The average molecular weight is 904 g/mol. The first kappa shape index (κ1) is 44.7. The minimum absolute atomic E-state index is 0.0183. The number of fused-ring (bicyclic) bond motifs is 1. The molecule has 4 heterocycles. The van der Waals surface area contributed by atoms with Crippen LogP contribution in [-0.4, -0.2) is 83.6 Å². The number of benzene rings is 3. The van der Waals surface area contributed by atoms with Crippen molar-refractivity contribution in [1.82, 2.24) is 19.6 Å². The van der Waals surface area contributed by atoms with Crippen molar-refractivity contribution in [1.29, 1.82) is 0 Å². The first-order valence-electron chi connectivity index (χ1n) is 23.2. The fourth-order valence-corrected chi connectivity index (χ4v) is 12.0. The van der Waals surface area contributed by atoms with E-state index in [-0.39, 0.29) is 28.3 Å². The van der Waals surface area contributed by atoms with Gasteiger partial charge in [-0.25, -0.2) is 18.1 Å². The van der Waals surface area contributed by atoms with Gasteiger partial charge in [0.05, 0.1) is 27.2 Å². The summed E-state index contributed by atoms with van der Waals surface area (Å²) in [5.74, 6) is 0.870. The van der Waals surface area contributed by atoms with E-state index in [0.717, 1.165) is 74.7 Å². The van der Waals surface area contributed by atoms with Crippen LogP contribution in [0, 0.1) is 28.4 Å². The molecule has 2 aliphatic heterocycles. The highest BCUT2D eigenvalue weighted by atomic mass is 32.2. The first-order valence-corrected chi connectivity index (χ1v) is 24.7. The fraction of sp³-hybridized carbons (Fsp3) is 0.480. The standard InChI is InChI=1S/C50H61N7O7S/c1-32(2)39-8-5-6-9-40(39)41-10-7-11-44(41)56-30-50(31-56)20-22-55(23-21-50)36-12-14-42(46(26-36)64-37-25-35-24-33(3)53-47(35)52-29-37)48(58)54-65(62,63)38-13-15-43(45(27-38)57(60)61)51-28-34-16-18-49(4,59)19-17-34/h5-6,8-9,12-15,24-27,29,32,34,41,44,51,59H,7,10-11,16-23,28,30-31H2,1-4H3,(H,52,53)(H,54,58)/t34-,41-,44-,49-/m0/s1. The van der Waals surface area contributed by atoms with Crippen LogP contribution in [0.5, 0.6) is 11.5 Å². The summed E-state index contributed by atoms with van der Waals surface area (Å²) in [7, 11) is -4.57. The molecule has 65 heavy (non-hydrogen) atoms. The molecule has 2 saturated carbocycles. The van der Waals surface area contributed by atoms with E-state index in [0.29, 0.717) is 48.7 Å². The van der Waals surface area contributed by atoms with Crippen molar-refractivity contribution >= 4 is 44.0 Å². The molecule has 2 saturated heterocycles. The number of hydrogen-bond donors (Lipinski definition) is 4. The first-order chi connectivity index (χ1) is 31.1. The molecule has 0 unspecified atom stereocenters. The normalized spacial score (nSPS) is 23.4. The largest absolute Gasteiger partial charge is 0.455 e. The van der Waals surface area contributed by atoms with Crippen LogP contribution in [0.4, 0.5) is 17.1 Å². The Hall–Kier alpha value is -5.51. The average Bonchev–Trinajstić information content (AvgIpc) is 3.91. The van der Waals surface area contributed by atoms with Crippen LogP contribution < -0.4 is 19.7 Å². The van der Waals surface area contributed by atoms with Crippen LogP contribution in [0.15, 0.2) is 83.9 Å². The van der Waals surface area contributed by atoms with Gasteiger partial charge in [0.2, 0.25) is 0 Å². The molecule has 2 aromatic heterocycles. The fourth-order valence-electron chi connectivity index (χ4n) is 11.0. The number of pyridine rings is 1. The van der Waals surface area contributed by atoms with Gasteiger partial charge in [-0.2, -0.15) is 0 Å². The minimum Gasteiger partial charge on any atom is -0.455 e. The third-order valence-corrected chi connectivity index (χ3v) is 16.0. The van der Waals surface area contributed by atoms with E-state index < -0.39 is 37.0 Å². The zero-order valence-electron chi connectivity index (χ0n) is 37.8. The van der Waals surface area contributed by atoms with E-state index in [1.165, 1.54) is 42.5 Å². The SMILES string of the molecule is Cc1cc2cc(Oc3cc(N4CCC5(CC4)CN([C@H]4CCC[C@H]4c4ccccc4C(C)C)C5)ccc3C(=O)NS(=O)(=O)c3ccc(NC[C@H]4CC[C@](C)(O)CC4)c([N+](=O)[O-])c3)cnc2[nH]1. The molecule has 0 radical (unpaired) electrons. The zero-order chi connectivity index (χ0) is 45.7. The lowest BCUT2D eigenvalue weighted by Gasteiger charge is -2.57. The molecule has 4 aliphatic rings. The number of H-pyrrole nitrogens is 1. The number of aryl methyl sites for hydroxylation is 1. The molecule has 9 rings (SSSR count). The van der Waals surface area contributed by atoms with Crippen LogP contribution in [0.2, 0.25) is 0 Å². The predicted molar refractivity (Wildman–Crippen MR) is 253 cm³/mol. The Bertz CT molecular complexity index is 2690. The lowest BCUT2D eigenvalue weighted by atomic mass is 9.70. The van der Waals surface area contributed by atoms with Crippen LogP contribution >= 0.6 is 0 Å². The number of sulfonamides is 1. The molecule has 2 atom stereocenters. The van der Waals surface area contributed by atoms with Crippen molar-refractivity contribution in [2.45, 2.75) is 114 Å². The predicted octanol–water partition coefficient (Wildman–Crippen LogP) is 9.41. The number of anilines is 2. The Balaban J connectivity index is 0.903. The number of aromatic nitrogens is 2. The third kappa shape index (κ3) is 9.46. The van der Waals surface area contributed by atoms with Gasteiger partial charge in [0.15, 0.2) is 0 Å². The smallest absolute Gasteiger partial charge is 0.293 e. The van der Waals surface area contributed by atoms with Gasteiger partial charge in [-0.3, -0.25) is 19.8 Å². The summed E-state index contributed by atoms with van der Waals surface area (Å²) in [5, 5.41) is 26.4. The second-order valence-corrected chi connectivity index (χ2v) is 21.5. The van der Waals surface area contributed by atoms with Crippen LogP contribution in [-0.2, 0) is 10.0 Å². The molecule has 0 bridgehead atoms. The highest BCUT2D eigenvalue weighted by Crippen LogP contribution is 2.49. The number of aromatic amines is 1. The number of nitro benzene ring substituents is 1. The maximum absolute atomic E-state index is 14.0. The van der Waals surface area contributed by atoms with Gasteiger partial charge < -0.3 is 25.0 Å². The Kier molecular flexibility index (Phi) is 12.2. The number of hydrogen-bond acceptors (Lipinski definition) is 11. The van der Waals surface area contributed by atoms with Crippen molar-refractivity contribution < 1.29 is 28.0 Å².